The molecule has 0 fully saturated rings. The van der Waals surface area contributed by atoms with Gasteiger partial charge in [0.1, 0.15) is 0 Å². The average Bonchev–Trinajstić information content (AvgIpc) is 2.63. The van der Waals surface area contributed by atoms with Gasteiger partial charge in [0.15, 0.2) is 0 Å². The third-order valence-electron chi connectivity index (χ3n) is 1.94. The van der Waals surface area contributed by atoms with Crippen LogP contribution in [0.4, 0.5) is 0 Å². The highest BCUT2D eigenvalue weighted by atomic mass is 35.5. The summed E-state index contributed by atoms with van der Waals surface area (Å²) in [6.07, 6.45) is 4.74. The molecule has 2 aromatic heterocycles. The van der Waals surface area contributed by atoms with Crippen LogP contribution in [-0.2, 0) is 6.42 Å². The standard InChI is InChI=1S/C9H9ClN2.C2H6/c1-2-7-6-11-12-4-3-8(10)5-9(7)12;1-2/h3-6H,2H2,1H3;1-2H3. The number of nitrogens with zero attached hydrogens (tertiary/aromatic N) is 2. The molecule has 0 unspecified atom stereocenters. The molecular weight excluding hydrogens is 196 g/mol. The van der Waals surface area contributed by atoms with Gasteiger partial charge in [0.2, 0.25) is 0 Å². The van der Waals surface area contributed by atoms with Gasteiger partial charge in [-0.3, -0.25) is 0 Å². The van der Waals surface area contributed by atoms with Crippen LogP contribution in [0.15, 0.2) is 24.5 Å². The molecule has 2 aromatic rings. The van der Waals surface area contributed by atoms with Crippen molar-refractivity contribution in [1.82, 2.24) is 9.61 Å². The molecule has 3 heteroatoms. The molecule has 0 aliphatic heterocycles. The van der Waals surface area contributed by atoms with Crippen LogP contribution in [0.5, 0.6) is 0 Å². The number of aromatic nitrogens is 2. The number of fused-ring (bicyclic) bond motifs is 1. The van der Waals surface area contributed by atoms with Crippen LogP contribution in [-0.4, -0.2) is 9.61 Å². The van der Waals surface area contributed by atoms with Crippen molar-refractivity contribution in [1.29, 1.82) is 0 Å². The molecule has 0 amide bonds. The van der Waals surface area contributed by atoms with Crippen molar-refractivity contribution in [3.05, 3.63) is 35.1 Å². The number of rotatable bonds is 1. The number of pyridine rings is 1. The molecule has 0 atom stereocenters. The predicted molar refractivity (Wildman–Crippen MR) is 60.9 cm³/mol. The first kappa shape index (κ1) is 11.1. The van der Waals surface area contributed by atoms with Crippen molar-refractivity contribution >= 4 is 17.1 Å². The Morgan fingerprint density at radius 2 is 2.14 bits per heavy atom. The van der Waals surface area contributed by atoms with Gasteiger partial charge in [0.25, 0.3) is 0 Å². The zero-order chi connectivity index (χ0) is 10.6. The number of hydrogen-bond acceptors (Lipinski definition) is 1. The monoisotopic (exact) mass is 210 g/mol. The van der Waals surface area contributed by atoms with Crippen LogP contribution in [0.25, 0.3) is 5.52 Å². The first-order valence-corrected chi connectivity index (χ1v) is 5.31. The van der Waals surface area contributed by atoms with Crippen LogP contribution >= 0.6 is 11.6 Å². The largest absolute Gasteiger partial charge is 0.241 e. The van der Waals surface area contributed by atoms with Crippen LogP contribution in [0, 0.1) is 0 Å². The highest BCUT2D eigenvalue weighted by molar-refractivity contribution is 6.30. The summed E-state index contributed by atoms with van der Waals surface area (Å²) in [5, 5.41) is 4.95. The fraction of sp³-hybridized carbons (Fsp3) is 0.364. The molecule has 0 N–H and O–H groups in total. The second kappa shape index (κ2) is 5.01. The Kier molecular flexibility index (Phi) is 3.96. The Morgan fingerprint density at radius 1 is 1.43 bits per heavy atom. The van der Waals surface area contributed by atoms with E-state index in [9.17, 15) is 0 Å². The average molecular weight is 211 g/mol. The summed E-state index contributed by atoms with van der Waals surface area (Å²) in [6, 6.07) is 3.77. The van der Waals surface area contributed by atoms with Crippen molar-refractivity contribution in [3.63, 3.8) is 0 Å². The van der Waals surface area contributed by atoms with E-state index in [0.717, 1.165) is 17.0 Å². The summed E-state index contributed by atoms with van der Waals surface area (Å²) < 4.78 is 1.84. The Morgan fingerprint density at radius 3 is 2.79 bits per heavy atom. The summed E-state index contributed by atoms with van der Waals surface area (Å²) >= 11 is 5.86. The Bertz CT molecular complexity index is 407. The summed E-state index contributed by atoms with van der Waals surface area (Å²) in [5.41, 5.74) is 2.34. The van der Waals surface area contributed by atoms with E-state index in [0.29, 0.717) is 0 Å². The van der Waals surface area contributed by atoms with E-state index in [1.54, 1.807) is 0 Å². The van der Waals surface area contributed by atoms with Crippen molar-refractivity contribution in [3.8, 4) is 0 Å². The van der Waals surface area contributed by atoms with E-state index in [4.69, 9.17) is 11.6 Å². The predicted octanol–water partition coefficient (Wildman–Crippen LogP) is 3.58. The van der Waals surface area contributed by atoms with E-state index < -0.39 is 0 Å². The topological polar surface area (TPSA) is 17.3 Å². The lowest BCUT2D eigenvalue weighted by Crippen LogP contribution is -1.85. The van der Waals surface area contributed by atoms with E-state index in [2.05, 4.69) is 12.0 Å². The highest BCUT2D eigenvalue weighted by Gasteiger charge is 2.00. The van der Waals surface area contributed by atoms with Crippen LogP contribution in [0.2, 0.25) is 5.02 Å². The van der Waals surface area contributed by atoms with Crippen LogP contribution < -0.4 is 0 Å². The maximum atomic E-state index is 5.86. The molecule has 14 heavy (non-hydrogen) atoms. The molecular formula is C11H15ClN2. The minimum absolute atomic E-state index is 0.762. The molecule has 0 aromatic carbocycles. The Hall–Kier alpha value is -1.02. The third-order valence-corrected chi connectivity index (χ3v) is 2.18. The highest BCUT2D eigenvalue weighted by Crippen LogP contribution is 2.15. The fourth-order valence-corrected chi connectivity index (χ4v) is 1.44. The molecule has 2 nitrogen and oxygen atoms in total. The maximum absolute atomic E-state index is 5.86. The van der Waals surface area contributed by atoms with Crippen molar-refractivity contribution in [2.24, 2.45) is 0 Å². The van der Waals surface area contributed by atoms with E-state index in [1.807, 2.05) is 42.9 Å². The van der Waals surface area contributed by atoms with Gasteiger partial charge in [-0.1, -0.05) is 32.4 Å². The summed E-state index contributed by atoms with van der Waals surface area (Å²) in [4.78, 5) is 0. The van der Waals surface area contributed by atoms with Crippen molar-refractivity contribution in [2.75, 3.05) is 0 Å². The third kappa shape index (κ3) is 2.07. The zero-order valence-corrected chi connectivity index (χ0v) is 9.54. The second-order valence-electron chi connectivity index (χ2n) is 2.70. The first-order chi connectivity index (χ1) is 6.81. The lowest BCUT2D eigenvalue weighted by atomic mass is 10.2. The normalized spacial score (nSPS) is 9.71. The van der Waals surface area contributed by atoms with Gasteiger partial charge in [0, 0.05) is 11.2 Å². The van der Waals surface area contributed by atoms with Crippen molar-refractivity contribution in [2.45, 2.75) is 27.2 Å². The quantitative estimate of drug-likeness (QED) is 0.704. The molecule has 0 aliphatic carbocycles. The molecule has 0 radical (unpaired) electrons. The minimum atomic E-state index is 0.762. The number of halogens is 1. The number of hydrogen-bond donors (Lipinski definition) is 0. The number of aryl methyl sites for hydroxylation is 1. The van der Waals surface area contributed by atoms with Gasteiger partial charge in [-0.2, -0.15) is 5.10 Å². The van der Waals surface area contributed by atoms with Gasteiger partial charge < -0.3 is 0 Å². The van der Waals surface area contributed by atoms with Gasteiger partial charge in [-0.05, 0) is 24.1 Å². The van der Waals surface area contributed by atoms with E-state index in [1.165, 1.54) is 5.56 Å². The van der Waals surface area contributed by atoms with Gasteiger partial charge >= 0.3 is 0 Å². The lowest BCUT2D eigenvalue weighted by molar-refractivity contribution is 0.961. The maximum Gasteiger partial charge on any atom is 0.0708 e. The van der Waals surface area contributed by atoms with Gasteiger partial charge in [-0.25, -0.2) is 4.52 Å². The summed E-state index contributed by atoms with van der Waals surface area (Å²) in [6.45, 7) is 6.11. The molecule has 76 valence electrons. The molecule has 0 spiro atoms. The molecule has 0 bridgehead atoms. The van der Waals surface area contributed by atoms with Gasteiger partial charge in [0.05, 0.1) is 11.7 Å². The van der Waals surface area contributed by atoms with E-state index in [-0.39, 0.29) is 0 Å². The summed E-state index contributed by atoms with van der Waals surface area (Å²) in [5.74, 6) is 0. The molecule has 2 rings (SSSR count). The Balaban J connectivity index is 0.000000461. The smallest absolute Gasteiger partial charge is 0.0708 e. The first-order valence-electron chi connectivity index (χ1n) is 4.93. The molecule has 0 saturated heterocycles. The molecule has 0 aliphatic rings. The van der Waals surface area contributed by atoms with Gasteiger partial charge in [-0.15, -0.1) is 0 Å². The van der Waals surface area contributed by atoms with Crippen molar-refractivity contribution < 1.29 is 0 Å². The minimum Gasteiger partial charge on any atom is -0.241 e. The lowest BCUT2D eigenvalue weighted by Gasteiger charge is -1.95. The SMILES string of the molecule is CC.CCc1cnn2ccc(Cl)cc12. The second-order valence-corrected chi connectivity index (χ2v) is 3.13. The zero-order valence-electron chi connectivity index (χ0n) is 8.79. The van der Waals surface area contributed by atoms with Crippen LogP contribution in [0.3, 0.4) is 0 Å². The van der Waals surface area contributed by atoms with Crippen LogP contribution in [0.1, 0.15) is 26.3 Å². The fourth-order valence-electron chi connectivity index (χ4n) is 1.28. The molecule has 2 heterocycles. The Labute approximate surface area is 89.5 Å². The molecule has 0 saturated carbocycles. The summed E-state index contributed by atoms with van der Waals surface area (Å²) in [7, 11) is 0. The van der Waals surface area contributed by atoms with E-state index >= 15 is 0 Å².